The third kappa shape index (κ3) is 5.12. The third-order valence-corrected chi connectivity index (χ3v) is 3.99. The van der Waals surface area contributed by atoms with E-state index in [1.54, 1.807) is 7.11 Å². The van der Waals surface area contributed by atoms with Crippen LogP contribution >= 0.6 is 0 Å². The van der Waals surface area contributed by atoms with E-state index in [9.17, 15) is 0 Å². The van der Waals surface area contributed by atoms with E-state index in [0.29, 0.717) is 17.5 Å². The van der Waals surface area contributed by atoms with Gasteiger partial charge in [0, 0.05) is 17.8 Å². The molecule has 1 aromatic carbocycles. The van der Waals surface area contributed by atoms with Crippen molar-refractivity contribution < 1.29 is 14.6 Å². The lowest BCUT2D eigenvalue weighted by atomic mass is 9.96. The average Bonchev–Trinajstić information content (AvgIpc) is 2.48. The Kier molecular flexibility index (Phi) is 6.67. The van der Waals surface area contributed by atoms with Gasteiger partial charge in [-0.25, -0.2) is 0 Å². The van der Waals surface area contributed by atoms with Crippen LogP contribution in [0, 0.1) is 0 Å². The molecule has 0 heterocycles. The van der Waals surface area contributed by atoms with E-state index in [0.717, 1.165) is 5.69 Å². The van der Waals surface area contributed by atoms with E-state index in [1.807, 2.05) is 18.2 Å². The van der Waals surface area contributed by atoms with Crippen LogP contribution in [0.15, 0.2) is 18.2 Å². The summed E-state index contributed by atoms with van der Waals surface area (Å²) in [5.41, 5.74) is 1.06. The molecule has 1 aliphatic carbocycles. The van der Waals surface area contributed by atoms with Gasteiger partial charge in [-0.05, 0) is 25.0 Å². The Morgan fingerprint density at radius 1 is 1.10 bits per heavy atom. The van der Waals surface area contributed by atoms with Crippen molar-refractivity contribution in [1.29, 1.82) is 0 Å². The molecular formula is C17H27NO3. The molecule has 1 fully saturated rings. The van der Waals surface area contributed by atoms with Crippen LogP contribution in [0.4, 0.5) is 5.69 Å². The summed E-state index contributed by atoms with van der Waals surface area (Å²) in [6.07, 6.45) is 9.17. The predicted molar refractivity (Wildman–Crippen MR) is 85.3 cm³/mol. The fraction of sp³-hybridized carbons (Fsp3) is 0.647. The first-order valence-electron chi connectivity index (χ1n) is 8.01. The maximum absolute atomic E-state index is 8.90. The normalized spacial score (nSPS) is 16.9. The molecule has 0 atom stereocenters. The smallest absolute Gasteiger partial charge is 0.163 e. The Bertz CT molecular complexity index is 414. The second-order valence-corrected chi connectivity index (χ2v) is 5.62. The van der Waals surface area contributed by atoms with Crippen molar-refractivity contribution in [1.82, 2.24) is 0 Å². The number of hydrogen-bond donors (Lipinski definition) is 2. The number of rotatable bonds is 6. The number of hydrogen-bond acceptors (Lipinski definition) is 4. The van der Waals surface area contributed by atoms with Crippen molar-refractivity contribution in [3.05, 3.63) is 18.2 Å². The molecule has 0 unspecified atom stereocenters. The van der Waals surface area contributed by atoms with Crippen LogP contribution in [0.3, 0.4) is 0 Å². The van der Waals surface area contributed by atoms with E-state index in [4.69, 9.17) is 14.6 Å². The van der Waals surface area contributed by atoms with Gasteiger partial charge in [0.1, 0.15) is 6.61 Å². The number of benzene rings is 1. The van der Waals surface area contributed by atoms with Gasteiger partial charge in [0.25, 0.3) is 0 Å². The minimum Gasteiger partial charge on any atom is -0.493 e. The van der Waals surface area contributed by atoms with Gasteiger partial charge in [0.05, 0.1) is 13.7 Å². The molecule has 21 heavy (non-hydrogen) atoms. The zero-order valence-electron chi connectivity index (χ0n) is 12.9. The van der Waals surface area contributed by atoms with Crippen molar-refractivity contribution in [3.63, 3.8) is 0 Å². The first-order valence-corrected chi connectivity index (χ1v) is 8.01. The number of ether oxygens (including phenoxy) is 2. The molecule has 0 aromatic heterocycles. The van der Waals surface area contributed by atoms with Crippen molar-refractivity contribution >= 4 is 5.69 Å². The quantitative estimate of drug-likeness (QED) is 0.841. The summed E-state index contributed by atoms with van der Waals surface area (Å²) >= 11 is 0. The summed E-state index contributed by atoms with van der Waals surface area (Å²) in [5.74, 6) is 1.38. The minimum absolute atomic E-state index is 0.00341. The summed E-state index contributed by atoms with van der Waals surface area (Å²) in [6.45, 7) is 0.284. The summed E-state index contributed by atoms with van der Waals surface area (Å²) in [4.78, 5) is 0. The van der Waals surface area contributed by atoms with Crippen LogP contribution in [0.25, 0.3) is 0 Å². The molecule has 118 valence electrons. The Balaban J connectivity index is 2.00. The van der Waals surface area contributed by atoms with Crippen molar-refractivity contribution in [3.8, 4) is 11.5 Å². The lowest BCUT2D eigenvalue weighted by Crippen LogP contribution is -2.20. The largest absolute Gasteiger partial charge is 0.493 e. The lowest BCUT2D eigenvalue weighted by molar-refractivity contribution is 0.196. The Morgan fingerprint density at radius 3 is 2.48 bits per heavy atom. The SMILES string of the molecule is COc1ccc(NC2CCCCCCC2)cc1OCCO. The van der Waals surface area contributed by atoms with E-state index < -0.39 is 0 Å². The fourth-order valence-electron chi connectivity index (χ4n) is 2.87. The molecule has 4 heteroatoms. The number of anilines is 1. The molecule has 0 saturated heterocycles. The van der Waals surface area contributed by atoms with Crippen LogP contribution in [0.1, 0.15) is 44.9 Å². The van der Waals surface area contributed by atoms with Crippen LogP contribution < -0.4 is 14.8 Å². The van der Waals surface area contributed by atoms with Gasteiger partial charge < -0.3 is 19.9 Å². The zero-order valence-corrected chi connectivity index (χ0v) is 12.9. The number of aliphatic hydroxyl groups is 1. The van der Waals surface area contributed by atoms with E-state index in [-0.39, 0.29) is 13.2 Å². The standard InChI is InChI=1S/C17H27NO3/c1-20-16-10-9-15(13-17(16)21-12-11-19)18-14-7-5-3-2-4-6-8-14/h9-10,13-14,18-19H,2-8,11-12H2,1H3. The first-order chi connectivity index (χ1) is 10.3. The molecule has 0 aliphatic heterocycles. The molecule has 4 nitrogen and oxygen atoms in total. The number of aliphatic hydroxyl groups excluding tert-OH is 1. The Labute approximate surface area is 127 Å². The maximum Gasteiger partial charge on any atom is 0.163 e. The predicted octanol–water partition coefficient (Wildman–Crippen LogP) is 3.59. The monoisotopic (exact) mass is 293 g/mol. The first kappa shape index (κ1) is 16.0. The summed E-state index contributed by atoms with van der Waals surface area (Å²) < 4.78 is 10.8. The molecule has 2 rings (SSSR count). The van der Waals surface area contributed by atoms with Crippen LogP contribution in [0.2, 0.25) is 0 Å². The zero-order chi connectivity index (χ0) is 14.9. The van der Waals surface area contributed by atoms with Gasteiger partial charge in [-0.15, -0.1) is 0 Å². The van der Waals surface area contributed by atoms with Gasteiger partial charge in [-0.2, -0.15) is 0 Å². The van der Waals surface area contributed by atoms with Gasteiger partial charge in [-0.3, -0.25) is 0 Å². The second kappa shape index (κ2) is 8.78. The Hall–Kier alpha value is -1.42. The van der Waals surface area contributed by atoms with Gasteiger partial charge >= 0.3 is 0 Å². The Morgan fingerprint density at radius 2 is 1.81 bits per heavy atom. The van der Waals surface area contributed by atoms with E-state index in [2.05, 4.69) is 5.32 Å². The molecule has 0 radical (unpaired) electrons. The molecule has 0 amide bonds. The topological polar surface area (TPSA) is 50.7 Å². The molecule has 1 aliphatic rings. The number of methoxy groups -OCH3 is 1. The average molecular weight is 293 g/mol. The molecule has 0 bridgehead atoms. The summed E-state index contributed by atoms with van der Waals surface area (Å²) in [5, 5.41) is 12.5. The maximum atomic E-state index is 8.90. The summed E-state index contributed by atoms with van der Waals surface area (Å²) in [6, 6.07) is 6.46. The van der Waals surface area contributed by atoms with Gasteiger partial charge in [0.15, 0.2) is 11.5 Å². The van der Waals surface area contributed by atoms with Gasteiger partial charge in [0.2, 0.25) is 0 Å². The fourth-order valence-corrected chi connectivity index (χ4v) is 2.87. The highest BCUT2D eigenvalue weighted by Crippen LogP contribution is 2.31. The molecule has 1 aromatic rings. The highest BCUT2D eigenvalue weighted by molar-refractivity contribution is 5.55. The van der Waals surface area contributed by atoms with Crippen molar-refractivity contribution in [2.24, 2.45) is 0 Å². The number of nitrogens with one attached hydrogen (secondary N) is 1. The van der Waals surface area contributed by atoms with Crippen molar-refractivity contribution in [2.75, 3.05) is 25.6 Å². The van der Waals surface area contributed by atoms with E-state index in [1.165, 1.54) is 44.9 Å². The molecular weight excluding hydrogens is 266 g/mol. The van der Waals surface area contributed by atoms with Crippen molar-refractivity contribution in [2.45, 2.75) is 51.0 Å². The van der Waals surface area contributed by atoms with Crippen LogP contribution in [-0.2, 0) is 0 Å². The summed E-state index contributed by atoms with van der Waals surface area (Å²) in [7, 11) is 1.63. The van der Waals surface area contributed by atoms with Gasteiger partial charge in [-0.1, -0.05) is 32.1 Å². The van der Waals surface area contributed by atoms with Crippen LogP contribution in [-0.4, -0.2) is 31.5 Å². The van der Waals surface area contributed by atoms with Crippen LogP contribution in [0.5, 0.6) is 11.5 Å². The molecule has 0 spiro atoms. The highest BCUT2D eigenvalue weighted by atomic mass is 16.5. The third-order valence-electron chi connectivity index (χ3n) is 3.99. The molecule has 1 saturated carbocycles. The molecule has 2 N–H and O–H groups in total. The second-order valence-electron chi connectivity index (χ2n) is 5.62. The van der Waals surface area contributed by atoms with E-state index >= 15 is 0 Å². The minimum atomic E-state index is 0.00341. The lowest BCUT2D eigenvalue weighted by Gasteiger charge is -2.22. The highest BCUT2D eigenvalue weighted by Gasteiger charge is 2.12.